The van der Waals surface area contributed by atoms with Crippen LogP contribution in [0.2, 0.25) is 0 Å². The SMILES string of the molecule is CC1(C)C(N)C1C1CCCN(Cc2ccccc2)C1. The molecule has 2 heteroatoms. The lowest BCUT2D eigenvalue weighted by Crippen LogP contribution is -2.36. The summed E-state index contributed by atoms with van der Waals surface area (Å²) in [5.41, 5.74) is 8.06. The van der Waals surface area contributed by atoms with Crippen LogP contribution in [0.25, 0.3) is 0 Å². The maximum atomic E-state index is 6.25. The van der Waals surface area contributed by atoms with Gasteiger partial charge in [0.15, 0.2) is 0 Å². The fraction of sp³-hybridized carbons (Fsp3) is 0.647. The number of nitrogens with zero attached hydrogens (tertiary/aromatic N) is 1. The highest BCUT2D eigenvalue weighted by Crippen LogP contribution is 2.56. The quantitative estimate of drug-likeness (QED) is 0.903. The molecule has 1 aliphatic carbocycles. The van der Waals surface area contributed by atoms with Crippen LogP contribution in [0.4, 0.5) is 0 Å². The van der Waals surface area contributed by atoms with E-state index in [-0.39, 0.29) is 0 Å². The summed E-state index contributed by atoms with van der Waals surface area (Å²) in [6.45, 7) is 8.24. The molecular formula is C17H26N2. The maximum Gasteiger partial charge on any atom is 0.0233 e. The van der Waals surface area contributed by atoms with E-state index < -0.39 is 0 Å². The summed E-state index contributed by atoms with van der Waals surface area (Å²) in [6.07, 6.45) is 2.70. The number of hydrogen-bond acceptors (Lipinski definition) is 2. The molecular weight excluding hydrogens is 232 g/mol. The molecule has 1 aromatic rings. The molecule has 0 amide bonds. The van der Waals surface area contributed by atoms with E-state index in [1.165, 1.54) is 31.5 Å². The minimum Gasteiger partial charge on any atom is -0.327 e. The maximum absolute atomic E-state index is 6.25. The first-order valence-corrected chi connectivity index (χ1v) is 7.61. The predicted molar refractivity (Wildman–Crippen MR) is 79.7 cm³/mol. The summed E-state index contributed by atoms with van der Waals surface area (Å²) in [5.74, 6) is 1.55. The Morgan fingerprint density at radius 2 is 1.95 bits per heavy atom. The Bertz CT molecular complexity index is 426. The lowest BCUT2D eigenvalue weighted by molar-refractivity contribution is 0.145. The van der Waals surface area contributed by atoms with Gasteiger partial charge in [0.05, 0.1) is 0 Å². The summed E-state index contributed by atoms with van der Waals surface area (Å²) in [7, 11) is 0. The molecule has 3 atom stereocenters. The minimum atomic E-state index is 0.375. The summed E-state index contributed by atoms with van der Waals surface area (Å²) in [5, 5.41) is 0. The summed E-state index contributed by atoms with van der Waals surface area (Å²) >= 11 is 0. The number of rotatable bonds is 3. The van der Waals surface area contributed by atoms with Crippen LogP contribution in [0.5, 0.6) is 0 Å². The average molecular weight is 258 g/mol. The van der Waals surface area contributed by atoms with E-state index >= 15 is 0 Å². The van der Waals surface area contributed by atoms with E-state index in [0.29, 0.717) is 11.5 Å². The molecule has 3 unspecified atom stereocenters. The van der Waals surface area contributed by atoms with Gasteiger partial charge in [0.1, 0.15) is 0 Å². The van der Waals surface area contributed by atoms with Crippen LogP contribution in [0, 0.1) is 17.3 Å². The van der Waals surface area contributed by atoms with E-state index in [4.69, 9.17) is 5.73 Å². The Hall–Kier alpha value is -0.860. The van der Waals surface area contributed by atoms with Crippen LogP contribution in [-0.4, -0.2) is 24.0 Å². The number of nitrogens with two attached hydrogens (primary N) is 1. The lowest BCUT2D eigenvalue weighted by Gasteiger charge is -2.33. The van der Waals surface area contributed by atoms with Gasteiger partial charge in [-0.25, -0.2) is 0 Å². The van der Waals surface area contributed by atoms with Gasteiger partial charge in [0.25, 0.3) is 0 Å². The van der Waals surface area contributed by atoms with E-state index in [1.807, 2.05) is 0 Å². The Labute approximate surface area is 117 Å². The average Bonchev–Trinajstić information content (AvgIpc) is 2.90. The Morgan fingerprint density at radius 3 is 2.58 bits per heavy atom. The summed E-state index contributed by atoms with van der Waals surface area (Å²) in [4.78, 5) is 2.62. The lowest BCUT2D eigenvalue weighted by atomic mass is 9.89. The van der Waals surface area contributed by atoms with Gasteiger partial charge in [0.2, 0.25) is 0 Å². The highest BCUT2D eigenvalue weighted by molar-refractivity contribution is 5.15. The number of benzene rings is 1. The molecule has 0 radical (unpaired) electrons. The highest BCUT2D eigenvalue weighted by atomic mass is 15.1. The third kappa shape index (κ3) is 2.56. The van der Waals surface area contributed by atoms with Gasteiger partial charge >= 0.3 is 0 Å². The molecule has 0 bridgehead atoms. The van der Waals surface area contributed by atoms with Gasteiger partial charge in [-0.1, -0.05) is 44.2 Å². The van der Waals surface area contributed by atoms with Crippen LogP contribution in [0.3, 0.4) is 0 Å². The van der Waals surface area contributed by atoms with Crippen molar-refractivity contribution in [3.05, 3.63) is 35.9 Å². The number of hydrogen-bond donors (Lipinski definition) is 1. The van der Waals surface area contributed by atoms with E-state index in [9.17, 15) is 0 Å². The first-order chi connectivity index (χ1) is 9.09. The van der Waals surface area contributed by atoms with Crippen molar-refractivity contribution in [3.63, 3.8) is 0 Å². The van der Waals surface area contributed by atoms with Crippen LogP contribution in [-0.2, 0) is 6.54 Å². The Morgan fingerprint density at radius 1 is 1.26 bits per heavy atom. The monoisotopic (exact) mass is 258 g/mol. The van der Waals surface area contributed by atoms with Gasteiger partial charge in [0, 0.05) is 19.1 Å². The van der Waals surface area contributed by atoms with Gasteiger partial charge in [-0.15, -0.1) is 0 Å². The van der Waals surface area contributed by atoms with Crippen LogP contribution in [0.15, 0.2) is 30.3 Å². The molecule has 1 aliphatic heterocycles. The van der Waals surface area contributed by atoms with Gasteiger partial charge < -0.3 is 5.73 Å². The summed E-state index contributed by atoms with van der Waals surface area (Å²) in [6, 6.07) is 11.3. The largest absolute Gasteiger partial charge is 0.327 e. The van der Waals surface area contributed by atoms with Crippen LogP contribution >= 0.6 is 0 Å². The molecule has 1 saturated carbocycles. The molecule has 3 rings (SSSR count). The fourth-order valence-corrected chi connectivity index (χ4v) is 3.99. The molecule has 2 fully saturated rings. The first-order valence-electron chi connectivity index (χ1n) is 7.61. The van der Waals surface area contributed by atoms with E-state index in [1.54, 1.807) is 0 Å². The standard InChI is InChI=1S/C17H26N2/c1-17(2)15(16(17)18)14-9-6-10-19(12-14)11-13-7-4-3-5-8-13/h3-5,7-8,14-16H,6,9-12,18H2,1-2H3. The van der Waals surface area contributed by atoms with Gasteiger partial charge in [-0.3, -0.25) is 4.90 Å². The van der Waals surface area contributed by atoms with Crippen LogP contribution in [0.1, 0.15) is 32.3 Å². The topological polar surface area (TPSA) is 29.3 Å². The smallest absolute Gasteiger partial charge is 0.0233 e. The first kappa shape index (κ1) is 13.1. The Balaban J connectivity index is 1.60. The molecule has 1 saturated heterocycles. The van der Waals surface area contributed by atoms with Gasteiger partial charge in [-0.2, -0.15) is 0 Å². The highest BCUT2D eigenvalue weighted by Gasteiger charge is 2.58. The number of likely N-dealkylation sites (tertiary alicyclic amines) is 1. The second-order valence-corrected chi connectivity index (χ2v) is 7.00. The van der Waals surface area contributed by atoms with Crippen molar-refractivity contribution in [1.82, 2.24) is 4.90 Å². The predicted octanol–water partition coefficient (Wildman–Crippen LogP) is 2.88. The molecule has 104 valence electrons. The van der Waals surface area contributed by atoms with Crippen molar-refractivity contribution >= 4 is 0 Å². The Kier molecular flexibility index (Phi) is 3.40. The zero-order chi connectivity index (χ0) is 13.5. The fourth-order valence-electron chi connectivity index (χ4n) is 3.99. The summed E-state index contributed by atoms with van der Waals surface area (Å²) < 4.78 is 0. The van der Waals surface area contributed by atoms with Crippen molar-refractivity contribution in [1.29, 1.82) is 0 Å². The van der Waals surface area contributed by atoms with Crippen molar-refractivity contribution in [2.24, 2.45) is 23.0 Å². The van der Waals surface area contributed by atoms with E-state index in [0.717, 1.165) is 18.4 Å². The zero-order valence-electron chi connectivity index (χ0n) is 12.2. The van der Waals surface area contributed by atoms with Gasteiger partial charge in [-0.05, 0) is 42.2 Å². The van der Waals surface area contributed by atoms with Crippen molar-refractivity contribution in [2.45, 2.75) is 39.3 Å². The van der Waals surface area contributed by atoms with Crippen LogP contribution < -0.4 is 5.73 Å². The molecule has 0 aromatic heterocycles. The minimum absolute atomic E-state index is 0.375. The molecule has 1 heterocycles. The molecule has 1 aromatic carbocycles. The van der Waals surface area contributed by atoms with E-state index in [2.05, 4.69) is 49.1 Å². The molecule has 0 spiro atoms. The molecule has 2 N–H and O–H groups in total. The molecule has 2 aliphatic rings. The van der Waals surface area contributed by atoms with Crippen molar-refractivity contribution in [2.75, 3.05) is 13.1 Å². The van der Waals surface area contributed by atoms with Crippen molar-refractivity contribution in [3.8, 4) is 0 Å². The second kappa shape index (κ2) is 4.92. The second-order valence-electron chi connectivity index (χ2n) is 7.00. The third-order valence-corrected chi connectivity index (χ3v) is 5.29. The normalized spacial score (nSPS) is 34.2. The number of piperidine rings is 1. The van der Waals surface area contributed by atoms with Crippen molar-refractivity contribution < 1.29 is 0 Å². The zero-order valence-corrected chi connectivity index (χ0v) is 12.2. The molecule has 19 heavy (non-hydrogen) atoms. The third-order valence-electron chi connectivity index (χ3n) is 5.29. The molecule has 2 nitrogen and oxygen atoms in total.